The lowest BCUT2D eigenvalue weighted by molar-refractivity contribution is -0.148. The molecule has 2 aliphatic carbocycles. The fourth-order valence-electron chi connectivity index (χ4n) is 3.64. The molecule has 2 rings (SSSR count). The zero-order chi connectivity index (χ0) is 15.8. The molecule has 0 aromatic rings. The second-order valence-corrected chi connectivity index (χ2v) is 7.28. The standard InChI is InChI=1S/C16H25NO4/c1-16(2,3)11(6-7-18)17-14(19)12-9-4-5-10(8-9)13(12)15(20)21/h4-5,9-13,18H,6-8H2,1-3H3,(H,17,19)(H,20,21). The summed E-state index contributed by atoms with van der Waals surface area (Å²) < 4.78 is 0. The molecule has 3 N–H and O–H groups in total. The van der Waals surface area contributed by atoms with Crippen molar-refractivity contribution in [1.29, 1.82) is 0 Å². The number of aliphatic carboxylic acids is 1. The van der Waals surface area contributed by atoms with E-state index >= 15 is 0 Å². The molecule has 0 radical (unpaired) electrons. The van der Waals surface area contributed by atoms with Crippen molar-refractivity contribution in [2.45, 2.75) is 39.7 Å². The molecular formula is C16H25NO4. The average molecular weight is 295 g/mol. The maximum Gasteiger partial charge on any atom is 0.307 e. The van der Waals surface area contributed by atoms with Gasteiger partial charge >= 0.3 is 5.97 Å². The molecule has 5 unspecified atom stereocenters. The fourth-order valence-corrected chi connectivity index (χ4v) is 3.64. The number of aliphatic hydroxyl groups excluding tert-OH is 1. The molecule has 21 heavy (non-hydrogen) atoms. The van der Waals surface area contributed by atoms with Crippen molar-refractivity contribution in [2.75, 3.05) is 6.61 Å². The Morgan fingerprint density at radius 2 is 1.81 bits per heavy atom. The van der Waals surface area contributed by atoms with Crippen LogP contribution in [0.3, 0.4) is 0 Å². The van der Waals surface area contributed by atoms with Gasteiger partial charge in [0.15, 0.2) is 0 Å². The van der Waals surface area contributed by atoms with Crippen LogP contribution >= 0.6 is 0 Å². The number of carboxylic acids is 1. The molecule has 0 saturated heterocycles. The normalized spacial score (nSPS) is 32.2. The molecule has 0 aromatic carbocycles. The number of nitrogens with one attached hydrogen (secondary N) is 1. The summed E-state index contributed by atoms with van der Waals surface area (Å²) in [5, 5.41) is 21.5. The molecule has 0 aromatic heterocycles. The highest BCUT2D eigenvalue weighted by molar-refractivity contribution is 5.87. The van der Waals surface area contributed by atoms with Gasteiger partial charge in [-0.05, 0) is 30.1 Å². The topological polar surface area (TPSA) is 86.6 Å². The van der Waals surface area contributed by atoms with E-state index in [1.165, 1.54) is 0 Å². The largest absolute Gasteiger partial charge is 0.481 e. The minimum Gasteiger partial charge on any atom is -0.481 e. The van der Waals surface area contributed by atoms with Crippen molar-refractivity contribution in [3.05, 3.63) is 12.2 Å². The highest BCUT2D eigenvalue weighted by atomic mass is 16.4. The average Bonchev–Trinajstić information content (AvgIpc) is 2.96. The van der Waals surface area contributed by atoms with Crippen LogP contribution in [0.5, 0.6) is 0 Å². The molecule has 0 aliphatic heterocycles. The van der Waals surface area contributed by atoms with Crippen LogP contribution in [-0.4, -0.2) is 34.7 Å². The van der Waals surface area contributed by atoms with Crippen molar-refractivity contribution in [1.82, 2.24) is 5.32 Å². The number of carbonyl (C=O) groups excluding carboxylic acids is 1. The lowest BCUT2D eigenvalue weighted by Gasteiger charge is -2.33. The molecule has 5 nitrogen and oxygen atoms in total. The van der Waals surface area contributed by atoms with Crippen molar-refractivity contribution in [2.24, 2.45) is 29.1 Å². The predicted molar refractivity (Wildman–Crippen MR) is 78.4 cm³/mol. The smallest absolute Gasteiger partial charge is 0.307 e. The van der Waals surface area contributed by atoms with Gasteiger partial charge in [-0.15, -0.1) is 0 Å². The summed E-state index contributed by atoms with van der Waals surface area (Å²) in [5.41, 5.74) is -0.176. The third-order valence-corrected chi connectivity index (χ3v) is 4.83. The summed E-state index contributed by atoms with van der Waals surface area (Å²) in [5.74, 6) is -2.16. The summed E-state index contributed by atoms with van der Waals surface area (Å²) in [4.78, 5) is 24.1. The van der Waals surface area contributed by atoms with Crippen LogP contribution < -0.4 is 5.32 Å². The van der Waals surface area contributed by atoms with E-state index in [1.807, 2.05) is 32.9 Å². The minimum atomic E-state index is -0.888. The van der Waals surface area contributed by atoms with Gasteiger partial charge in [0, 0.05) is 12.6 Å². The summed E-state index contributed by atoms with van der Waals surface area (Å²) in [6, 6.07) is -0.160. The van der Waals surface area contributed by atoms with Crippen LogP contribution in [0.4, 0.5) is 0 Å². The SMILES string of the molecule is CC(C)(C)C(CCO)NC(=O)C1C2C=CC(C2)C1C(=O)O. The molecule has 2 bridgehead atoms. The maximum absolute atomic E-state index is 12.6. The van der Waals surface area contributed by atoms with Crippen LogP contribution in [0.2, 0.25) is 0 Å². The van der Waals surface area contributed by atoms with E-state index < -0.39 is 17.8 Å². The molecule has 5 atom stereocenters. The maximum atomic E-state index is 12.6. The Morgan fingerprint density at radius 3 is 2.29 bits per heavy atom. The Morgan fingerprint density at radius 1 is 1.24 bits per heavy atom. The number of carboxylic acid groups (broad SMARTS) is 1. The monoisotopic (exact) mass is 295 g/mol. The number of fused-ring (bicyclic) bond motifs is 2. The number of allylic oxidation sites excluding steroid dienone is 2. The van der Waals surface area contributed by atoms with E-state index in [4.69, 9.17) is 5.11 Å². The second-order valence-electron chi connectivity index (χ2n) is 7.28. The van der Waals surface area contributed by atoms with Crippen LogP contribution in [0.1, 0.15) is 33.6 Å². The first kappa shape index (κ1) is 16.0. The summed E-state index contributed by atoms with van der Waals surface area (Å²) in [6.45, 7) is 6.01. The van der Waals surface area contributed by atoms with Gasteiger partial charge in [-0.2, -0.15) is 0 Å². The van der Waals surface area contributed by atoms with E-state index in [2.05, 4.69) is 5.32 Å². The second kappa shape index (κ2) is 5.79. The minimum absolute atomic E-state index is 0.00119. The molecule has 2 aliphatic rings. The zero-order valence-electron chi connectivity index (χ0n) is 12.9. The highest BCUT2D eigenvalue weighted by Crippen LogP contribution is 2.48. The Bertz CT molecular complexity index is 452. The molecule has 1 fully saturated rings. The Balaban J connectivity index is 2.12. The third-order valence-electron chi connectivity index (χ3n) is 4.83. The summed E-state index contributed by atoms with van der Waals surface area (Å²) >= 11 is 0. The van der Waals surface area contributed by atoms with Gasteiger partial charge in [0.25, 0.3) is 0 Å². The van der Waals surface area contributed by atoms with E-state index in [9.17, 15) is 14.7 Å². The Kier molecular flexibility index (Phi) is 4.42. The third kappa shape index (κ3) is 3.12. The number of hydrogen-bond donors (Lipinski definition) is 3. The number of amides is 1. The van der Waals surface area contributed by atoms with Crippen LogP contribution in [0.15, 0.2) is 12.2 Å². The van der Waals surface area contributed by atoms with Gasteiger partial charge in [0.2, 0.25) is 5.91 Å². The van der Waals surface area contributed by atoms with Crippen LogP contribution in [-0.2, 0) is 9.59 Å². The number of rotatable bonds is 5. The van der Waals surface area contributed by atoms with Crippen molar-refractivity contribution < 1.29 is 19.8 Å². The fraction of sp³-hybridized carbons (Fsp3) is 0.750. The van der Waals surface area contributed by atoms with E-state index in [0.29, 0.717) is 6.42 Å². The number of hydrogen-bond acceptors (Lipinski definition) is 3. The quantitative estimate of drug-likeness (QED) is 0.670. The van der Waals surface area contributed by atoms with Gasteiger partial charge in [0.05, 0.1) is 11.8 Å². The lowest BCUT2D eigenvalue weighted by atomic mass is 9.80. The number of aliphatic hydroxyl groups is 1. The summed E-state index contributed by atoms with van der Waals surface area (Å²) in [6.07, 6.45) is 5.15. The van der Waals surface area contributed by atoms with Crippen molar-refractivity contribution in [3.8, 4) is 0 Å². The van der Waals surface area contributed by atoms with E-state index in [1.54, 1.807) is 0 Å². The van der Waals surface area contributed by atoms with Crippen LogP contribution in [0.25, 0.3) is 0 Å². The van der Waals surface area contributed by atoms with Gasteiger partial charge in [-0.1, -0.05) is 32.9 Å². The van der Waals surface area contributed by atoms with Gasteiger partial charge in [0.1, 0.15) is 0 Å². The first-order valence-electron chi connectivity index (χ1n) is 7.58. The first-order chi connectivity index (χ1) is 9.75. The van der Waals surface area contributed by atoms with Gasteiger partial charge in [-0.25, -0.2) is 0 Å². The van der Waals surface area contributed by atoms with Crippen molar-refractivity contribution in [3.63, 3.8) is 0 Å². The predicted octanol–water partition coefficient (Wildman–Crippen LogP) is 1.42. The molecule has 5 heteroatoms. The number of carbonyl (C=O) groups is 2. The van der Waals surface area contributed by atoms with Gasteiger partial charge < -0.3 is 15.5 Å². The molecule has 118 valence electrons. The Labute approximate surface area is 125 Å². The van der Waals surface area contributed by atoms with Gasteiger partial charge in [-0.3, -0.25) is 9.59 Å². The molecule has 1 saturated carbocycles. The highest BCUT2D eigenvalue weighted by Gasteiger charge is 2.52. The molecule has 0 heterocycles. The summed E-state index contributed by atoms with van der Waals surface area (Å²) in [7, 11) is 0. The molecule has 0 spiro atoms. The van der Waals surface area contributed by atoms with E-state index in [-0.39, 0.29) is 35.8 Å². The lowest BCUT2D eigenvalue weighted by Crippen LogP contribution is -2.49. The molecule has 1 amide bonds. The Hall–Kier alpha value is -1.36. The van der Waals surface area contributed by atoms with Crippen LogP contribution in [0, 0.1) is 29.1 Å². The van der Waals surface area contributed by atoms with Crippen molar-refractivity contribution >= 4 is 11.9 Å². The zero-order valence-corrected chi connectivity index (χ0v) is 12.9. The first-order valence-corrected chi connectivity index (χ1v) is 7.58. The van der Waals surface area contributed by atoms with E-state index in [0.717, 1.165) is 6.42 Å². The molecular weight excluding hydrogens is 270 g/mol.